The molecule has 0 unspecified atom stereocenters. The Bertz CT molecular complexity index is 441. The monoisotopic (exact) mass is 276 g/mol. The molecule has 0 amide bonds. The van der Waals surface area contributed by atoms with Crippen LogP contribution in [0, 0.1) is 0 Å². The first kappa shape index (κ1) is 15.3. The van der Waals surface area contributed by atoms with Gasteiger partial charge in [0, 0.05) is 0 Å². The third-order valence-electron chi connectivity index (χ3n) is 2.32. The molecule has 0 heterocycles. The second-order valence-electron chi connectivity index (χ2n) is 3.87. The van der Waals surface area contributed by atoms with Crippen LogP contribution in [0.4, 0.5) is 13.2 Å². The molecule has 3 nitrogen and oxygen atoms in total. The topological polar surface area (TPSA) is 35.5 Å². The maximum absolute atomic E-state index is 12.2. The highest BCUT2D eigenvalue weighted by atomic mass is 19.4. The average molecular weight is 276 g/mol. The lowest BCUT2D eigenvalue weighted by Crippen LogP contribution is -2.17. The Balaban J connectivity index is 2.92. The van der Waals surface area contributed by atoms with Gasteiger partial charge in [-0.25, -0.2) is 0 Å². The van der Waals surface area contributed by atoms with E-state index in [0.29, 0.717) is 17.5 Å². The van der Waals surface area contributed by atoms with E-state index in [1.165, 1.54) is 12.1 Å². The molecule has 1 aromatic carbocycles. The van der Waals surface area contributed by atoms with Gasteiger partial charge in [0.15, 0.2) is 0 Å². The first-order chi connectivity index (χ1) is 8.84. The van der Waals surface area contributed by atoms with Crippen LogP contribution in [0.25, 0.3) is 0 Å². The van der Waals surface area contributed by atoms with Crippen molar-refractivity contribution in [2.75, 3.05) is 6.61 Å². The second-order valence-corrected chi connectivity index (χ2v) is 3.87. The van der Waals surface area contributed by atoms with Crippen molar-refractivity contribution in [2.45, 2.75) is 33.1 Å². The number of carbonyl (C=O) groups is 1. The number of carbonyl (C=O) groups excluding carboxylic acids is 1. The van der Waals surface area contributed by atoms with Gasteiger partial charge in [-0.05, 0) is 36.6 Å². The van der Waals surface area contributed by atoms with Crippen LogP contribution in [0.15, 0.2) is 18.2 Å². The summed E-state index contributed by atoms with van der Waals surface area (Å²) in [6.45, 7) is 3.71. The Morgan fingerprint density at radius 3 is 2.32 bits per heavy atom. The molecule has 0 aliphatic rings. The molecule has 0 saturated carbocycles. The Kier molecular flexibility index (Phi) is 5.20. The maximum atomic E-state index is 12.2. The number of benzene rings is 1. The first-order valence-corrected chi connectivity index (χ1v) is 5.88. The molecule has 0 aliphatic heterocycles. The van der Waals surface area contributed by atoms with Gasteiger partial charge in [0.05, 0.1) is 13.0 Å². The van der Waals surface area contributed by atoms with E-state index in [4.69, 9.17) is 4.74 Å². The fraction of sp³-hybridized carbons (Fsp3) is 0.462. The number of ether oxygens (including phenoxy) is 2. The number of aryl methyl sites for hydroxylation is 1. The zero-order valence-electron chi connectivity index (χ0n) is 10.7. The summed E-state index contributed by atoms with van der Waals surface area (Å²) in [5, 5.41) is 0. The third-order valence-corrected chi connectivity index (χ3v) is 2.32. The highest BCUT2D eigenvalue weighted by Crippen LogP contribution is 2.25. The number of alkyl halides is 3. The summed E-state index contributed by atoms with van der Waals surface area (Å²) in [6.07, 6.45) is -4.27. The molecule has 0 saturated heterocycles. The zero-order chi connectivity index (χ0) is 14.5. The molecule has 0 aromatic heterocycles. The van der Waals surface area contributed by atoms with Crippen molar-refractivity contribution >= 4 is 5.97 Å². The van der Waals surface area contributed by atoms with Gasteiger partial charge in [-0.15, -0.1) is 13.2 Å². The number of esters is 1. The summed E-state index contributed by atoms with van der Waals surface area (Å²) in [6, 6.07) is 4.17. The third kappa shape index (κ3) is 5.63. The molecule has 0 N–H and O–H groups in total. The average Bonchev–Trinajstić information content (AvgIpc) is 2.26. The number of hydrogen-bond donors (Lipinski definition) is 0. The van der Waals surface area contributed by atoms with E-state index >= 15 is 0 Å². The van der Waals surface area contributed by atoms with Gasteiger partial charge in [0.2, 0.25) is 0 Å². The van der Waals surface area contributed by atoms with Crippen LogP contribution in [0.2, 0.25) is 0 Å². The molecular formula is C13H15F3O3. The van der Waals surface area contributed by atoms with Crippen molar-refractivity contribution in [2.24, 2.45) is 0 Å². The van der Waals surface area contributed by atoms with Crippen molar-refractivity contribution in [1.29, 1.82) is 0 Å². The van der Waals surface area contributed by atoms with Gasteiger partial charge in [0.25, 0.3) is 0 Å². The number of hydrogen-bond acceptors (Lipinski definition) is 3. The Morgan fingerprint density at radius 2 is 1.79 bits per heavy atom. The minimum Gasteiger partial charge on any atom is -0.466 e. The lowest BCUT2D eigenvalue weighted by atomic mass is 10.1. The fourth-order valence-corrected chi connectivity index (χ4v) is 1.61. The van der Waals surface area contributed by atoms with E-state index in [1.54, 1.807) is 19.9 Å². The van der Waals surface area contributed by atoms with Crippen LogP contribution in [0.5, 0.6) is 5.75 Å². The van der Waals surface area contributed by atoms with Crippen molar-refractivity contribution in [3.8, 4) is 5.75 Å². The fourth-order valence-electron chi connectivity index (χ4n) is 1.61. The SMILES string of the molecule is CCOC(=O)Cc1cc(CC)cc(OC(F)(F)F)c1. The van der Waals surface area contributed by atoms with E-state index in [-0.39, 0.29) is 18.8 Å². The molecule has 1 rings (SSSR count). The van der Waals surface area contributed by atoms with Crippen molar-refractivity contribution in [3.63, 3.8) is 0 Å². The van der Waals surface area contributed by atoms with Crippen molar-refractivity contribution < 1.29 is 27.4 Å². The normalized spacial score (nSPS) is 11.2. The van der Waals surface area contributed by atoms with Crippen LogP contribution < -0.4 is 4.74 Å². The summed E-state index contributed by atoms with van der Waals surface area (Å²) in [5.41, 5.74) is 1.11. The summed E-state index contributed by atoms with van der Waals surface area (Å²) >= 11 is 0. The molecule has 0 spiro atoms. The highest BCUT2D eigenvalue weighted by Gasteiger charge is 2.31. The van der Waals surface area contributed by atoms with Crippen molar-refractivity contribution in [1.82, 2.24) is 0 Å². The van der Waals surface area contributed by atoms with E-state index < -0.39 is 12.3 Å². The van der Waals surface area contributed by atoms with Crippen LogP contribution in [-0.4, -0.2) is 18.9 Å². The van der Waals surface area contributed by atoms with Gasteiger partial charge >= 0.3 is 12.3 Å². The van der Waals surface area contributed by atoms with E-state index in [2.05, 4.69) is 4.74 Å². The summed E-state index contributed by atoms with van der Waals surface area (Å²) < 4.78 is 45.2. The minimum atomic E-state index is -4.74. The lowest BCUT2D eigenvalue weighted by Gasteiger charge is -2.12. The molecule has 19 heavy (non-hydrogen) atoms. The van der Waals surface area contributed by atoms with Gasteiger partial charge in [-0.1, -0.05) is 13.0 Å². The Morgan fingerprint density at radius 1 is 1.16 bits per heavy atom. The molecule has 0 radical (unpaired) electrons. The summed E-state index contributed by atoms with van der Waals surface area (Å²) in [5.74, 6) is -0.792. The van der Waals surface area contributed by atoms with Crippen LogP contribution in [0.3, 0.4) is 0 Å². The van der Waals surface area contributed by atoms with Gasteiger partial charge < -0.3 is 9.47 Å². The molecule has 0 aliphatic carbocycles. The minimum absolute atomic E-state index is 0.0735. The highest BCUT2D eigenvalue weighted by molar-refractivity contribution is 5.72. The molecule has 0 atom stereocenters. The van der Waals surface area contributed by atoms with Gasteiger partial charge in [-0.2, -0.15) is 0 Å². The standard InChI is InChI=1S/C13H15F3O3/c1-3-9-5-10(8-12(17)18-4-2)7-11(6-9)19-13(14,15)16/h5-7H,3-4,8H2,1-2H3. The van der Waals surface area contributed by atoms with Crippen molar-refractivity contribution in [3.05, 3.63) is 29.3 Å². The summed E-state index contributed by atoms with van der Waals surface area (Å²) in [4.78, 5) is 11.3. The van der Waals surface area contributed by atoms with Crippen LogP contribution in [-0.2, 0) is 22.4 Å². The largest absolute Gasteiger partial charge is 0.573 e. The number of halogens is 3. The van der Waals surface area contributed by atoms with Gasteiger partial charge in [0.1, 0.15) is 5.75 Å². The van der Waals surface area contributed by atoms with Crippen LogP contribution in [0.1, 0.15) is 25.0 Å². The Hall–Kier alpha value is -1.72. The predicted octanol–water partition coefficient (Wildman–Crippen LogP) is 3.25. The Labute approximate surface area is 109 Å². The quantitative estimate of drug-likeness (QED) is 0.774. The maximum Gasteiger partial charge on any atom is 0.573 e. The lowest BCUT2D eigenvalue weighted by molar-refractivity contribution is -0.274. The molecule has 0 bridgehead atoms. The molecule has 6 heteroatoms. The zero-order valence-corrected chi connectivity index (χ0v) is 10.7. The van der Waals surface area contributed by atoms with E-state index in [0.717, 1.165) is 0 Å². The molecule has 106 valence electrons. The van der Waals surface area contributed by atoms with E-state index in [1.807, 2.05) is 0 Å². The predicted molar refractivity (Wildman–Crippen MR) is 62.8 cm³/mol. The van der Waals surface area contributed by atoms with Gasteiger partial charge in [-0.3, -0.25) is 4.79 Å². The molecule has 1 aromatic rings. The number of rotatable bonds is 5. The van der Waals surface area contributed by atoms with Crippen LogP contribution >= 0.6 is 0 Å². The van der Waals surface area contributed by atoms with E-state index in [9.17, 15) is 18.0 Å². The second kappa shape index (κ2) is 6.45. The first-order valence-electron chi connectivity index (χ1n) is 5.88. The smallest absolute Gasteiger partial charge is 0.466 e. The summed E-state index contributed by atoms with van der Waals surface area (Å²) in [7, 11) is 0. The molecular weight excluding hydrogens is 261 g/mol. The molecule has 0 fully saturated rings.